The van der Waals surface area contributed by atoms with Gasteiger partial charge in [-0.05, 0) is 24.6 Å². The van der Waals surface area contributed by atoms with Crippen molar-refractivity contribution < 1.29 is 18.0 Å². The molecule has 0 saturated heterocycles. The molecule has 0 bridgehead atoms. The topological polar surface area (TPSA) is 112 Å². The van der Waals surface area contributed by atoms with Gasteiger partial charge in [-0.3, -0.25) is 4.79 Å². The van der Waals surface area contributed by atoms with Crippen LogP contribution in [0.1, 0.15) is 28.4 Å². The third-order valence-electron chi connectivity index (χ3n) is 3.26. The molecule has 1 aromatic carbocycles. The number of aryl methyl sites for hydroxylation is 1. The first-order valence-corrected chi connectivity index (χ1v) is 7.01. The molecular weight excluding hydrogens is 327 g/mol. The molecule has 0 aliphatic heterocycles. The average Bonchev–Trinajstić information content (AvgIpc) is 3.19. The summed E-state index contributed by atoms with van der Waals surface area (Å²) < 4.78 is 37.9. The van der Waals surface area contributed by atoms with Gasteiger partial charge in [0.15, 0.2) is 5.82 Å². The fourth-order valence-electron chi connectivity index (χ4n) is 2.12. The van der Waals surface area contributed by atoms with Crippen molar-refractivity contribution in [2.24, 2.45) is 0 Å². The molecular formula is C13H12F3N7O. The number of nitrogens with zero attached hydrogens (tertiary/aromatic N) is 4. The Balaban J connectivity index is 1.62. The Labute approximate surface area is 132 Å². The maximum absolute atomic E-state index is 12.6. The minimum Gasteiger partial charge on any atom is -0.352 e. The largest absolute Gasteiger partial charge is 0.449 e. The van der Waals surface area contributed by atoms with Crippen LogP contribution < -0.4 is 5.32 Å². The number of carbonyl (C=O) groups excluding carboxylic acids is 1. The van der Waals surface area contributed by atoms with Gasteiger partial charge in [0.25, 0.3) is 5.91 Å². The van der Waals surface area contributed by atoms with Crippen LogP contribution in [0.4, 0.5) is 13.2 Å². The maximum atomic E-state index is 12.6. The molecule has 24 heavy (non-hydrogen) atoms. The van der Waals surface area contributed by atoms with Gasteiger partial charge in [-0.25, -0.2) is 4.98 Å². The Kier molecular flexibility index (Phi) is 4.15. The molecule has 0 spiro atoms. The Hall–Kier alpha value is -2.98. The molecule has 8 nitrogen and oxygen atoms in total. The summed E-state index contributed by atoms with van der Waals surface area (Å²) in [6, 6.07) is 4.14. The van der Waals surface area contributed by atoms with E-state index in [4.69, 9.17) is 0 Å². The van der Waals surface area contributed by atoms with Gasteiger partial charge in [0, 0.05) is 18.5 Å². The van der Waals surface area contributed by atoms with Crippen LogP contribution in [-0.2, 0) is 12.6 Å². The highest BCUT2D eigenvalue weighted by Gasteiger charge is 2.34. The summed E-state index contributed by atoms with van der Waals surface area (Å²) in [4.78, 5) is 17.7. The highest BCUT2D eigenvalue weighted by molar-refractivity contribution is 5.97. The van der Waals surface area contributed by atoms with E-state index in [1.165, 1.54) is 18.2 Å². The number of hydrogen-bond donors (Lipinski definition) is 3. The summed E-state index contributed by atoms with van der Waals surface area (Å²) in [5.74, 6) is -0.925. The van der Waals surface area contributed by atoms with E-state index in [0.29, 0.717) is 25.2 Å². The summed E-state index contributed by atoms with van der Waals surface area (Å²) in [5.41, 5.74) is 0.553. The van der Waals surface area contributed by atoms with E-state index >= 15 is 0 Å². The molecule has 2 aromatic heterocycles. The predicted octanol–water partition coefficient (Wildman–Crippen LogP) is 1.46. The molecule has 3 rings (SSSR count). The number of nitrogens with one attached hydrogen (secondary N) is 3. The minimum absolute atomic E-state index is 0.149. The summed E-state index contributed by atoms with van der Waals surface area (Å²) in [6.07, 6.45) is -3.41. The monoisotopic (exact) mass is 339 g/mol. The van der Waals surface area contributed by atoms with Crippen LogP contribution in [0, 0.1) is 0 Å². The Morgan fingerprint density at radius 3 is 2.83 bits per heavy atom. The lowest BCUT2D eigenvalue weighted by Crippen LogP contribution is -2.24. The van der Waals surface area contributed by atoms with Crippen molar-refractivity contribution in [2.45, 2.75) is 19.0 Å². The van der Waals surface area contributed by atoms with Crippen molar-refractivity contribution in [1.29, 1.82) is 0 Å². The van der Waals surface area contributed by atoms with E-state index < -0.39 is 12.0 Å². The molecule has 3 aromatic rings. The summed E-state index contributed by atoms with van der Waals surface area (Å²) in [5, 5.41) is 16.0. The van der Waals surface area contributed by atoms with Gasteiger partial charge in [0.05, 0.1) is 11.0 Å². The molecule has 1 amide bonds. The average molecular weight is 339 g/mol. The summed E-state index contributed by atoms with van der Waals surface area (Å²) in [7, 11) is 0. The van der Waals surface area contributed by atoms with Crippen LogP contribution in [0.25, 0.3) is 11.0 Å². The van der Waals surface area contributed by atoms with Crippen molar-refractivity contribution in [3.05, 3.63) is 35.4 Å². The lowest BCUT2D eigenvalue weighted by Gasteiger charge is -2.04. The van der Waals surface area contributed by atoms with Crippen LogP contribution in [0.5, 0.6) is 0 Å². The standard InChI is InChI=1S/C13H12F3N7O/c14-13(15,16)12-18-8-4-3-7(6-9(8)19-12)11(24)17-5-1-2-10-20-22-23-21-10/h3-4,6H,1-2,5H2,(H,17,24)(H,18,19)(H,20,21,22,23). The number of halogens is 3. The van der Waals surface area contributed by atoms with Gasteiger partial charge < -0.3 is 10.3 Å². The van der Waals surface area contributed by atoms with Crippen LogP contribution >= 0.6 is 0 Å². The quantitative estimate of drug-likeness (QED) is 0.609. The Morgan fingerprint density at radius 1 is 1.29 bits per heavy atom. The number of H-pyrrole nitrogens is 2. The molecule has 3 N–H and O–H groups in total. The zero-order valence-corrected chi connectivity index (χ0v) is 12.2. The fraction of sp³-hybridized carbons (Fsp3) is 0.308. The molecule has 0 aliphatic rings. The van der Waals surface area contributed by atoms with Crippen molar-refractivity contribution in [1.82, 2.24) is 35.9 Å². The molecule has 0 saturated carbocycles. The van der Waals surface area contributed by atoms with Crippen LogP contribution in [0.15, 0.2) is 18.2 Å². The first-order valence-electron chi connectivity index (χ1n) is 7.01. The second-order valence-electron chi connectivity index (χ2n) is 5.00. The van der Waals surface area contributed by atoms with Crippen LogP contribution in [0.2, 0.25) is 0 Å². The van der Waals surface area contributed by atoms with E-state index in [2.05, 4.69) is 35.9 Å². The van der Waals surface area contributed by atoms with Crippen molar-refractivity contribution >= 4 is 16.9 Å². The second-order valence-corrected chi connectivity index (χ2v) is 5.00. The normalized spacial score (nSPS) is 11.8. The number of alkyl halides is 3. The molecule has 0 radical (unpaired) electrons. The van der Waals surface area contributed by atoms with Crippen LogP contribution in [-0.4, -0.2) is 43.0 Å². The molecule has 126 valence electrons. The van der Waals surface area contributed by atoms with E-state index in [1.807, 2.05) is 0 Å². The third kappa shape index (κ3) is 3.50. The number of benzene rings is 1. The molecule has 2 heterocycles. The zero-order valence-electron chi connectivity index (χ0n) is 12.2. The summed E-state index contributed by atoms with van der Waals surface area (Å²) in [6.45, 7) is 0.377. The Bertz CT molecular complexity index is 841. The van der Waals surface area contributed by atoms with Crippen LogP contribution in [0.3, 0.4) is 0 Å². The van der Waals surface area contributed by atoms with Gasteiger partial charge in [0.2, 0.25) is 5.82 Å². The number of aromatic amines is 2. The molecule has 0 aliphatic carbocycles. The minimum atomic E-state index is -4.56. The van der Waals surface area contributed by atoms with E-state index in [-0.39, 0.29) is 22.5 Å². The number of tetrazole rings is 1. The molecule has 11 heteroatoms. The lowest BCUT2D eigenvalue weighted by atomic mass is 10.2. The van der Waals surface area contributed by atoms with Crippen molar-refractivity contribution in [2.75, 3.05) is 6.54 Å². The van der Waals surface area contributed by atoms with Gasteiger partial charge in [-0.2, -0.15) is 18.4 Å². The molecule has 0 unspecified atom stereocenters. The first-order chi connectivity index (χ1) is 11.4. The highest BCUT2D eigenvalue weighted by Crippen LogP contribution is 2.28. The van der Waals surface area contributed by atoms with Crippen molar-refractivity contribution in [3.8, 4) is 0 Å². The number of hydrogen-bond acceptors (Lipinski definition) is 5. The number of aromatic nitrogens is 6. The fourth-order valence-corrected chi connectivity index (χ4v) is 2.12. The van der Waals surface area contributed by atoms with Gasteiger partial charge in [0.1, 0.15) is 0 Å². The molecule has 0 fully saturated rings. The number of fused-ring (bicyclic) bond motifs is 1. The van der Waals surface area contributed by atoms with Gasteiger partial charge in [-0.1, -0.05) is 5.21 Å². The third-order valence-corrected chi connectivity index (χ3v) is 3.26. The maximum Gasteiger partial charge on any atom is 0.449 e. The number of rotatable bonds is 5. The smallest absolute Gasteiger partial charge is 0.352 e. The molecule has 0 atom stereocenters. The van der Waals surface area contributed by atoms with Gasteiger partial charge >= 0.3 is 6.18 Å². The zero-order chi connectivity index (χ0) is 17.2. The SMILES string of the molecule is O=C(NCCCc1nn[nH]n1)c1ccc2nc(C(F)(F)F)[nH]c2c1. The first kappa shape index (κ1) is 15.9. The number of amides is 1. The Morgan fingerprint density at radius 2 is 2.12 bits per heavy atom. The highest BCUT2D eigenvalue weighted by atomic mass is 19.4. The van der Waals surface area contributed by atoms with E-state index in [9.17, 15) is 18.0 Å². The van der Waals surface area contributed by atoms with E-state index in [1.54, 1.807) is 0 Å². The second kappa shape index (κ2) is 6.26. The van der Waals surface area contributed by atoms with Crippen molar-refractivity contribution in [3.63, 3.8) is 0 Å². The predicted molar refractivity (Wildman–Crippen MR) is 75.9 cm³/mol. The van der Waals surface area contributed by atoms with E-state index in [0.717, 1.165) is 0 Å². The number of carbonyl (C=O) groups is 1. The summed E-state index contributed by atoms with van der Waals surface area (Å²) >= 11 is 0. The lowest BCUT2D eigenvalue weighted by molar-refractivity contribution is -0.144. The number of imidazole rings is 1. The van der Waals surface area contributed by atoms with Gasteiger partial charge in [-0.15, -0.1) is 10.2 Å².